The van der Waals surface area contributed by atoms with Gasteiger partial charge in [-0.1, -0.05) is 6.07 Å². The van der Waals surface area contributed by atoms with Gasteiger partial charge in [-0.3, -0.25) is 0 Å². The smallest absolute Gasteiger partial charge is 0.339 e. The van der Waals surface area contributed by atoms with Gasteiger partial charge in [-0.15, -0.1) is 0 Å². The van der Waals surface area contributed by atoms with Crippen molar-refractivity contribution < 1.29 is 24.5 Å². The summed E-state index contributed by atoms with van der Waals surface area (Å²) in [7, 11) is 0. The van der Waals surface area contributed by atoms with Crippen molar-refractivity contribution in [2.45, 2.75) is 38.4 Å². The quantitative estimate of drug-likeness (QED) is 0.853. The zero-order valence-electron chi connectivity index (χ0n) is 10.8. The number of para-hydroxylation sites is 1. The maximum atomic E-state index is 11.2. The summed E-state index contributed by atoms with van der Waals surface area (Å²) < 4.78 is 11.1. The molecule has 2 N–H and O–H groups in total. The number of aliphatic hydroxyl groups excluding tert-OH is 1. The van der Waals surface area contributed by atoms with E-state index in [-0.39, 0.29) is 17.4 Å². The van der Waals surface area contributed by atoms with Gasteiger partial charge in [0.15, 0.2) is 11.5 Å². The predicted octanol–water partition coefficient (Wildman–Crippen LogP) is 2.08. The number of carbonyl (C=O) groups is 1. The Morgan fingerprint density at radius 3 is 2.79 bits per heavy atom. The van der Waals surface area contributed by atoms with Gasteiger partial charge in [0, 0.05) is 0 Å². The van der Waals surface area contributed by atoms with Gasteiger partial charge < -0.3 is 19.7 Å². The summed E-state index contributed by atoms with van der Waals surface area (Å²) in [6.45, 7) is 2.24. The van der Waals surface area contributed by atoms with Crippen molar-refractivity contribution in [3.63, 3.8) is 0 Å². The molecular formula is C14H18O5. The number of hydrogen-bond acceptors (Lipinski definition) is 4. The third-order valence-electron chi connectivity index (χ3n) is 3.20. The Morgan fingerprint density at radius 1 is 1.42 bits per heavy atom. The third kappa shape index (κ3) is 2.98. The summed E-state index contributed by atoms with van der Waals surface area (Å²) in [4.78, 5) is 11.2. The van der Waals surface area contributed by atoms with Crippen molar-refractivity contribution in [2.24, 2.45) is 0 Å². The summed E-state index contributed by atoms with van der Waals surface area (Å²) in [6, 6.07) is 4.76. The van der Waals surface area contributed by atoms with E-state index < -0.39 is 12.1 Å². The van der Waals surface area contributed by atoms with Crippen LogP contribution in [-0.4, -0.2) is 35.0 Å². The van der Waals surface area contributed by atoms with Crippen molar-refractivity contribution in [1.82, 2.24) is 0 Å². The van der Waals surface area contributed by atoms with Gasteiger partial charge in [0.05, 0.1) is 12.7 Å². The average molecular weight is 266 g/mol. The second kappa shape index (κ2) is 5.93. The number of carboxylic acids is 1. The van der Waals surface area contributed by atoms with Gasteiger partial charge in [-0.05, 0) is 38.3 Å². The van der Waals surface area contributed by atoms with E-state index in [4.69, 9.17) is 9.47 Å². The fourth-order valence-corrected chi connectivity index (χ4v) is 2.27. The second-order valence-electron chi connectivity index (χ2n) is 4.53. The molecule has 19 heavy (non-hydrogen) atoms. The number of hydrogen-bond donors (Lipinski definition) is 2. The van der Waals surface area contributed by atoms with Gasteiger partial charge in [0.2, 0.25) is 0 Å². The number of benzene rings is 1. The van der Waals surface area contributed by atoms with E-state index in [1.165, 1.54) is 6.07 Å². The van der Waals surface area contributed by atoms with Crippen molar-refractivity contribution in [3.05, 3.63) is 23.8 Å². The Morgan fingerprint density at radius 2 is 2.21 bits per heavy atom. The SMILES string of the molecule is CCOc1cccc(C(=O)O)c1OC1CCCC1O. The van der Waals surface area contributed by atoms with E-state index in [1.807, 2.05) is 6.92 Å². The molecule has 0 aliphatic heterocycles. The molecule has 0 saturated heterocycles. The minimum absolute atomic E-state index is 0.0602. The molecule has 2 atom stereocenters. The summed E-state index contributed by atoms with van der Waals surface area (Å²) in [6.07, 6.45) is 1.38. The molecule has 1 fully saturated rings. The summed E-state index contributed by atoms with van der Waals surface area (Å²) in [5.41, 5.74) is 0.0602. The van der Waals surface area contributed by atoms with Crippen LogP contribution in [0.5, 0.6) is 11.5 Å². The van der Waals surface area contributed by atoms with Crippen LogP contribution in [0, 0.1) is 0 Å². The van der Waals surface area contributed by atoms with Crippen LogP contribution in [0.4, 0.5) is 0 Å². The molecule has 104 valence electrons. The summed E-state index contributed by atoms with van der Waals surface area (Å²) in [5.74, 6) is -0.451. The van der Waals surface area contributed by atoms with Crippen LogP contribution >= 0.6 is 0 Å². The highest BCUT2D eigenvalue weighted by molar-refractivity contribution is 5.92. The highest BCUT2D eigenvalue weighted by atomic mass is 16.5. The first-order valence-corrected chi connectivity index (χ1v) is 6.47. The van der Waals surface area contributed by atoms with Crippen LogP contribution in [0.3, 0.4) is 0 Å². The standard InChI is InChI=1S/C14H18O5/c1-2-18-12-8-3-5-9(14(16)17)13(12)19-11-7-4-6-10(11)15/h3,5,8,10-11,15H,2,4,6-7H2,1H3,(H,16,17). The van der Waals surface area contributed by atoms with Gasteiger partial charge in [-0.25, -0.2) is 4.79 Å². The van der Waals surface area contributed by atoms with Crippen LogP contribution in [0.15, 0.2) is 18.2 Å². The van der Waals surface area contributed by atoms with E-state index in [0.29, 0.717) is 18.8 Å². The molecule has 1 aliphatic carbocycles. The minimum Gasteiger partial charge on any atom is -0.490 e. The molecule has 1 saturated carbocycles. The molecule has 0 bridgehead atoms. The number of carboxylic acid groups (broad SMARTS) is 1. The van der Waals surface area contributed by atoms with Crippen LogP contribution in [0.1, 0.15) is 36.5 Å². The molecule has 0 aromatic heterocycles. The van der Waals surface area contributed by atoms with E-state index in [2.05, 4.69) is 0 Å². The molecule has 2 rings (SSSR count). The molecule has 0 spiro atoms. The average Bonchev–Trinajstić information content (AvgIpc) is 2.77. The number of aliphatic hydroxyl groups is 1. The van der Waals surface area contributed by atoms with E-state index in [1.54, 1.807) is 12.1 Å². The third-order valence-corrected chi connectivity index (χ3v) is 3.20. The van der Waals surface area contributed by atoms with Gasteiger partial charge in [0.1, 0.15) is 11.7 Å². The van der Waals surface area contributed by atoms with Gasteiger partial charge in [0.25, 0.3) is 0 Å². The number of ether oxygens (including phenoxy) is 2. The monoisotopic (exact) mass is 266 g/mol. The van der Waals surface area contributed by atoms with Crippen LogP contribution in [-0.2, 0) is 0 Å². The molecule has 0 radical (unpaired) electrons. The van der Waals surface area contributed by atoms with E-state index in [9.17, 15) is 15.0 Å². The van der Waals surface area contributed by atoms with Crippen molar-refractivity contribution >= 4 is 5.97 Å². The van der Waals surface area contributed by atoms with Crippen LogP contribution in [0.25, 0.3) is 0 Å². The first-order valence-electron chi connectivity index (χ1n) is 6.47. The Hall–Kier alpha value is -1.75. The first-order chi connectivity index (χ1) is 9.13. The summed E-state index contributed by atoms with van der Waals surface area (Å²) >= 11 is 0. The molecule has 2 unspecified atom stereocenters. The Balaban J connectivity index is 2.31. The Kier molecular flexibility index (Phi) is 4.27. The topological polar surface area (TPSA) is 76.0 Å². The molecule has 1 aliphatic rings. The van der Waals surface area contributed by atoms with Gasteiger partial charge in [-0.2, -0.15) is 0 Å². The van der Waals surface area contributed by atoms with Crippen molar-refractivity contribution in [1.29, 1.82) is 0 Å². The van der Waals surface area contributed by atoms with Crippen molar-refractivity contribution in [2.75, 3.05) is 6.61 Å². The minimum atomic E-state index is -1.07. The fraction of sp³-hybridized carbons (Fsp3) is 0.500. The highest BCUT2D eigenvalue weighted by Crippen LogP contribution is 2.35. The largest absolute Gasteiger partial charge is 0.490 e. The number of aromatic carboxylic acids is 1. The first kappa shape index (κ1) is 13.7. The van der Waals surface area contributed by atoms with Gasteiger partial charge >= 0.3 is 5.97 Å². The zero-order valence-corrected chi connectivity index (χ0v) is 10.8. The lowest BCUT2D eigenvalue weighted by molar-refractivity contribution is 0.0540. The molecule has 5 heteroatoms. The summed E-state index contributed by atoms with van der Waals surface area (Å²) in [5, 5.41) is 19.0. The second-order valence-corrected chi connectivity index (χ2v) is 4.53. The maximum absolute atomic E-state index is 11.2. The molecular weight excluding hydrogens is 248 g/mol. The molecule has 0 heterocycles. The molecule has 1 aromatic rings. The maximum Gasteiger partial charge on any atom is 0.339 e. The zero-order chi connectivity index (χ0) is 13.8. The van der Waals surface area contributed by atoms with Crippen molar-refractivity contribution in [3.8, 4) is 11.5 Å². The lowest BCUT2D eigenvalue weighted by Gasteiger charge is -2.20. The molecule has 0 amide bonds. The highest BCUT2D eigenvalue weighted by Gasteiger charge is 2.29. The van der Waals surface area contributed by atoms with Crippen LogP contribution in [0.2, 0.25) is 0 Å². The van der Waals surface area contributed by atoms with E-state index >= 15 is 0 Å². The normalized spacial score (nSPS) is 22.2. The Labute approximate surface area is 111 Å². The molecule has 1 aromatic carbocycles. The number of rotatable bonds is 5. The fourth-order valence-electron chi connectivity index (χ4n) is 2.27. The Bertz CT molecular complexity index is 457. The lowest BCUT2D eigenvalue weighted by Crippen LogP contribution is -2.26. The van der Waals surface area contributed by atoms with Crippen LogP contribution < -0.4 is 9.47 Å². The predicted molar refractivity (Wildman–Crippen MR) is 68.8 cm³/mol. The molecule has 5 nitrogen and oxygen atoms in total. The van der Waals surface area contributed by atoms with E-state index in [0.717, 1.165) is 12.8 Å². The lowest BCUT2D eigenvalue weighted by atomic mass is 10.1.